The molecule has 1 N–H and O–H groups in total. The quantitative estimate of drug-likeness (QED) is 0.826. The molecule has 0 heterocycles. The minimum atomic E-state index is -4.69. The molecule has 0 amide bonds. The Morgan fingerprint density at radius 1 is 0.850 bits per heavy atom. The van der Waals surface area contributed by atoms with Crippen LogP contribution in [0.4, 0.5) is 22.0 Å². The molecule has 106 valence electrons. The third-order valence-corrected chi connectivity index (χ3v) is 2.84. The highest BCUT2D eigenvalue weighted by Gasteiger charge is 2.35. The lowest BCUT2D eigenvalue weighted by Gasteiger charge is -2.18. The molecule has 1 nitrogen and oxygen atoms in total. The minimum Gasteiger partial charge on any atom is -0.384 e. The number of aliphatic hydroxyl groups is 1. The van der Waals surface area contributed by atoms with Crippen molar-refractivity contribution in [3.05, 3.63) is 70.8 Å². The number of hydrogen-bond donors (Lipinski definition) is 1. The number of benzene rings is 2. The number of rotatable bonds is 2. The van der Waals surface area contributed by atoms with E-state index >= 15 is 0 Å². The molecule has 0 bridgehead atoms. The predicted molar refractivity (Wildman–Crippen MR) is 61.9 cm³/mol. The average molecular weight is 288 g/mol. The summed E-state index contributed by atoms with van der Waals surface area (Å²) in [5, 5.41) is 9.93. The Balaban J connectivity index is 2.55. The maximum atomic E-state index is 13.5. The highest BCUT2D eigenvalue weighted by molar-refractivity contribution is 5.38. The first-order valence-electron chi connectivity index (χ1n) is 5.60. The molecule has 20 heavy (non-hydrogen) atoms. The number of hydrogen-bond acceptors (Lipinski definition) is 1. The third kappa shape index (κ3) is 2.65. The van der Waals surface area contributed by atoms with Gasteiger partial charge in [-0.3, -0.25) is 0 Å². The van der Waals surface area contributed by atoms with Gasteiger partial charge in [-0.1, -0.05) is 30.3 Å². The second-order valence-electron chi connectivity index (χ2n) is 4.13. The Kier molecular flexibility index (Phi) is 3.76. The minimum absolute atomic E-state index is 0.524. The molecular formula is C14H9F5O. The fraction of sp³-hybridized carbons (Fsp3) is 0.143. The molecule has 0 spiro atoms. The van der Waals surface area contributed by atoms with E-state index in [9.17, 15) is 27.1 Å². The second-order valence-corrected chi connectivity index (χ2v) is 4.13. The standard InChI is InChI=1S/C14H9F5O/c15-11-7-3-5-9(12(11)16)13(20)8-4-1-2-6-10(8)14(17,18)19/h1-7,13,20H. The molecule has 2 aromatic rings. The van der Waals surface area contributed by atoms with Gasteiger partial charge in [0.05, 0.1) is 5.56 Å². The summed E-state index contributed by atoms with van der Waals surface area (Å²) in [5.41, 5.74) is -2.15. The van der Waals surface area contributed by atoms with Crippen LogP contribution >= 0.6 is 0 Å². The summed E-state index contributed by atoms with van der Waals surface area (Å²) in [6.45, 7) is 0. The molecule has 1 atom stereocenters. The van der Waals surface area contributed by atoms with Crippen molar-refractivity contribution in [1.29, 1.82) is 0 Å². The Hall–Kier alpha value is -1.95. The molecule has 0 saturated carbocycles. The monoisotopic (exact) mass is 288 g/mol. The molecule has 0 aliphatic heterocycles. The summed E-state index contributed by atoms with van der Waals surface area (Å²) >= 11 is 0. The van der Waals surface area contributed by atoms with E-state index < -0.39 is 40.6 Å². The van der Waals surface area contributed by atoms with Crippen molar-refractivity contribution in [2.75, 3.05) is 0 Å². The second kappa shape index (κ2) is 5.20. The fourth-order valence-electron chi connectivity index (χ4n) is 1.89. The van der Waals surface area contributed by atoms with E-state index in [1.807, 2.05) is 0 Å². The van der Waals surface area contributed by atoms with Crippen LogP contribution in [0.1, 0.15) is 22.8 Å². The lowest BCUT2D eigenvalue weighted by molar-refractivity contribution is -0.139. The van der Waals surface area contributed by atoms with Gasteiger partial charge in [0.25, 0.3) is 0 Å². The zero-order valence-corrected chi connectivity index (χ0v) is 9.96. The largest absolute Gasteiger partial charge is 0.416 e. The van der Waals surface area contributed by atoms with Crippen LogP contribution in [-0.2, 0) is 6.18 Å². The van der Waals surface area contributed by atoms with Crippen molar-refractivity contribution in [2.24, 2.45) is 0 Å². The van der Waals surface area contributed by atoms with Crippen LogP contribution in [0, 0.1) is 11.6 Å². The molecule has 2 rings (SSSR count). The fourth-order valence-corrected chi connectivity index (χ4v) is 1.89. The lowest BCUT2D eigenvalue weighted by atomic mass is 9.96. The molecule has 0 saturated heterocycles. The van der Waals surface area contributed by atoms with Crippen LogP contribution in [0.15, 0.2) is 42.5 Å². The van der Waals surface area contributed by atoms with E-state index in [-0.39, 0.29) is 0 Å². The van der Waals surface area contributed by atoms with Crippen LogP contribution in [0.25, 0.3) is 0 Å². The first-order chi connectivity index (χ1) is 9.32. The highest BCUT2D eigenvalue weighted by atomic mass is 19.4. The highest BCUT2D eigenvalue weighted by Crippen LogP contribution is 2.37. The average Bonchev–Trinajstić information content (AvgIpc) is 2.40. The topological polar surface area (TPSA) is 20.2 Å². The molecular weight excluding hydrogens is 279 g/mol. The van der Waals surface area contributed by atoms with Crippen LogP contribution in [0.5, 0.6) is 0 Å². The first kappa shape index (κ1) is 14.5. The molecule has 0 aromatic heterocycles. The Bertz CT molecular complexity index is 621. The molecule has 2 aromatic carbocycles. The molecule has 0 radical (unpaired) electrons. The van der Waals surface area contributed by atoms with Crippen molar-refractivity contribution in [3.8, 4) is 0 Å². The summed E-state index contributed by atoms with van der Waals surface area (Å²) in [4.78, 5) is 0. The summed E-state index contributed by atoms with van der Waals surface area (Å²) in [6.07, 6.45) is -6.59. The maximum absolute atomic E-state index is 13.5. The van der Waals surface area contributed by atoms with Gasteiger partial charge in [-0.2, -0.15) is 13.2 Å². The van der Waals surface area contributed by atoms with E-state index in [1.54, 1.807) is 0 Å². The number of alkyl halides is 3. The molecule has 0 aliphatic rings. The van der Waals surface area contributed by atoms with Crippen LogP contribution in [0.2, 0.25) is 0 Å². The van der Waals surface area contributed by atoms with E-state index in [0.717, 1.165) is 36.4 Å². The van der Waals surface area contributed by atoms with E-state index in [1.165, 1.54) is 6.07 Å². The van der Waals surface area contributed by atoms with E-state index in [4.69, 9.17) is 0 Å². The summed E-state index contributed by atoms with van der Waals surface area (Å²) < 4.78 is 65.1. The van der Waals surface area contributed by atoms with E-state index in [2.05, 4.69) is 0 Å². The van der Waals surface area contributed by atoms with Crippen molar-refractivity contribution >= 4 is 0 Å². The van der Waals surface area contributed by atoms with E-state index in [0.29, 0.717) is 0 Å². The van der Waals surface area contributed by atoms with Gasteiger partial charge in [-0.15, -0.1) is 0 Å². The third-order valence-electron chi connectivity index (χ3n) is 2.84. The van der Waals surface area contributed by atoms with Gasteiger partial charge in [-0.05, 0) is 17.7 Å². The maximum Gasteiger partial charge on any atom is 0.416 e. The number of halogens is 5. The van der Waals surface area contributed by atoms with Gasteiger partial charge >= 0.3 is 6.18 Å². The molecule has 0 aliphatic carbocycles. The van der Waals surface area contributed by atoms with Gasteiger partial charge in [0.1, 0.15) is 6.10 Å². The predicted octanol–water partition coefficient (Wildman–Crippen LogP) is 4.07. The van der Waals surface area contributed by atoms with Gasteiger partial charge < -0.3 is 5.11 Å². The zero-order valence-electron chi connectivity index (χ0n) is 9.96. The molecule has 6 heteroatoms. The zero-order chi connectivity index (χ0) is 14.9. The van der Waals surface area contributed by atoms with Crippen LogP contribution in [-0.4, -0.2) is 5.11 Å². The first-order valence-corrected chi connectivity index (χ1v) is 5.60. The Morgan fingerprint density at radius 2 is 1.45 bits per heavy atom. The molecule has 0 fully saturated rings. The smallest absolute Gasteiger partial charge is 0.384 e. The normalized spacial score (nSPS) is 13.3. The van der Waals surface area contributed by atoms with Gasteiger partial charge in [0.15, 0.2) is 11.6 Å². The van der Waals surface area contributed by atoms with Crippen molar-refractivity contribution < 1.29 is 27.1 Å². The van der Waals surface area contributed by atoms with Gasteiger partial charge in [0.2, 0.25) is 0 Å². The Morgan fingerprint density at radius 3 is 2.10 bits per heavy atom. The van der Waals surface area contributed by atoms with Crippen molar-refractivity contribution in [1.82, 2.24) is 0 Å². The van der Waals surface area contributed by atoms with Crippen molar-refractivity contribution in [2.45, 2.75) is 12.3 Å². The van der Waals surface area contributed by atoms with Crippen LogP contribution < -0.4 is 0 Å². The van der Waals surface area contributed by atoms with Gasteiger partial charge in [0, 0.05) is 5.56 Å². The summed E-state index contributed by atoms with van der Waals surface area (Å²) in [5.74, 6) is -2.59. The number of aliphatic hydroxyl groups excluding tert-OH is 1. The Labute approximate surface area is 111 Å². The lowest BCUT2D eigenvalue weighted by Crippen LogP contribution is -2.13. The SMILES string of the molecule is OC(c1ccccc1C(F)(F)F)c1cccc(F)c1F. The van der Waals surface area contributed by atoms with Crippen molar-refractivity contribution in [3.63, 3.8) is 0 Å². The van der Waals surface area contributed by atoms with Crippen LogP contribution in [0.3, 0.4) is 0 Å². The molecule has 1 unspecified atom stereocenters. The van der Waals surface area contributed by atoms with Gasteiger partial charge in [-0.25, -0.2) is 8.78 Å². The summed E-state index contributed by atoms with van der Waals surface area (Å²) in [6, 6.07) is 7.21. The summed E-state index contributed by atoms with van der Waals surface area (Å²) in [7, 11) is 0.